The third-order valence-electron chi connectivity index (χ3n) is 2.95. The molecule has 0 saturated heterocycles. The fourth-order valence-electron chi connectivity index (χ4n) is 1.92. The third kappa shape index (κ3) is 5.60. The maximum Gasteiger partial charge on any atom is 0.402 e. The summed E-state index contributed by atoms with van der Waals surface area (Å²) in [5, 5.41) is 3.25. The molecule has 0 aliphatic carbocycles. The molecule has 0 radical (unpaired) electrons. The summed E-state index contributed by atoms with van der Waals surface area (Å²) in [5.41, 5.74) is 0.714. The predicted octanol–water partition coefficient (Wildman–Crippen LogP) is 3.78. The van der Waals surface area contributed by atoms with Gasteiger partial charge in [0, 0.05) is 6.54 Å². The zero-order chi connectivity index (χ0) is 17.1. The van der Waals surface area contributed by atoms with Gasteiger partial charge >= 0.3 is 6.18 Å². The number of nitrogens with zero attached hydrogens (tertiary/aromatic N) is 1. The van der Waals surface area contributed by atoms with Crippen molar-refractivity contribution in [3.63, 3.8) is 0 Å². The van der Waals surface area contributed by atoms with Crippen molar-refractivity contribution in [3.05, 3.63) is 58.0 Å². The highest BCUT2D eigenvalue weighted by Gasteiger charge is 2.36. The highest BCUT2D eigenvalue weighted by Crippen LogP contribution is 2.23. The van der Waals surface area contributed by atoms with E-state index < -0.39 is 34.3 Å². The van der Waals surface area contributed by atoms with Crippen LogP contribution in [0.2, 0.25) is 0 Å². The minimum absolute atomic E-state index is 0.226. The van der Waals surface area contributed by atoms with Crippen molar-refractivity contribution in [2.45, 2.75) is 18.5 Å². The smallest absolute Gasteiger partial charge is 0.212 e. The van der Waals surface area contributed by atoms with E-state index in [0.29, 0.717) is 9.87 Å². The van der Waals surface area contributed by atoms with Gasteiger partial charge in [0.2, 0.25) is 10.0 Å². The van der Waals surface area contributed by atoms with Crippen LogP contribution in [0.25, 0.3) is 0 Å². The Morgan fingerprint density at radius 3 is 2.22 bits per heavy atom. The monoisotopic (exact) mass is 367 g/mol. The highest BCUT2D eigenvalue weighted by molar-refractivity contribution is 7.88. The topological polar surface area (TPSA) is 37.4 Å². The zero-order valence-electron chi connectivity index (χ0n) is 11.8. The summed E-state index contributed by atoms with van der Waals surface area (Å²) < 4.78 is 76.0. The maximum absolute atomic E-state index is 12.8. The summed E-state index contributed by atoms with van der Waals surface area (Å²) in [6, 6.07) is 6.18. The molecule has 1 heterocycles. The van der Waals surface area contributed by atoms with E-state index in [1.165, 1.54) is 23.5 Å². The first-order valence-corrected chi connectivity index (χ1v) is 9.01. The average molecular weight is 367 g/mol. The van der Waals surface area contributed by atoms with Crippen molar-refractivity contribution in [2.75, 3.05) is 6.54 Å². The number of benzene rings is 1. The molecule has 23 heavy (non-hydrogen) atoms. The Hall–Kier alpha value is -1.45. The van der Waals surface area contributed by atoms with E-state index in [1.807, 2.05) is 0 Å². The zero-order valence-corrected chi connectivity index (χ0v) is 13.4. The first-order valence-electron chi connectivity index (χ1n) is 6.46. The summed E-state index contributed by atoms with van der Waals surface area (Å²) in [7, 11) is -4.20. The third-order valence-corrected chi connectivity index (χ3v) is 5.43. The van der Waals surface area contributed by atoms with E-state index in [2.05, 4.69) is 0 Å². The summed E-state index contributed by atoms with van der Waals surface area (Å²) >= 11 is 1.27. The Morgan fingerprint density at radius 1 is 1.04 bits per heavy atom. The van der Waals surface area contributed by atoms with Crippen molar-refractivity contribution in [2.24, 2.45) is 0 Å². The van der Waals surface area contributed by atoms with Crippen molar-refractivity contribution in [1.29, 1.82) is 0 Å². The van der Waals surface area contributed by atoms with Gasteiger partial charge in [-0.1, -0.05) is 12.1 Å². The van der Waals surface area contributed by atoms with E-state index in [4.69, 9.17) is 0 Å². The standard InChI is InChI=1S/C14H13F4NO2S2/c15-13-3-1-11(2-4-13)9-23(20,21)19(10-14(16,17)18)7-12-5-6-22-8-12/h1-6,8H,7,9-10H2. The molecule has 126 valence electrons. The lowest BCUT2D eigenvalue weighted by atomic mass is 10.2. The molecule has 0 aliphatic rings. The second-order valence-corrected chi connectivity index (χ2v) is 7.65. The molecule has 1 aromatic heterocycles. The lowest BCUT2D eigenvalue weighted by molar-refractivity contribution is -0.136. The van der Waals surface area contributed by atoms with Gasteiger partial charge in [-0.15, -0.1) is 0 Å². The summed E-state index contributed by atoms with van der Waals surface area (Å²) in [6.45, 7) is -1.92. The lowest BCUT2D eigenvalue weighted by Gasteiger charge is -2.23. The fourth-order valence-corrected chi connectivity index (χ4v) is 4.07. The molecular weight excluding hydrogens is 354 g/mol. The molecule has 0 saturated carbocycles. The van der Waals surface area contributed by atoms with Gasteiger partial charge in [0.15, 0.2) is 0 Å². The van der Waals surface area contributed by atoms with Crippen molar-refractivity contribution < 1.29 is 26.0 Å². The number of hydrogen-bond donors (Lipinski definition) is 0. The van der Waals surface area contributed by atoms with E-state index in [0.717, 1.165) is 12.1 Å². The number of hydrogen-bond acceptors (Lipinski definition) is 3. The number of halogens is 4. The van der Waals surface area contributed by atoms with Gasteiger partial charge in [-0.25, -0.2) is 12.8 Å². The largest absolute Gasteiger partial charge is 0.402 e. The van der Waals surface area contributed by atoms with Gasteiger partial charge in [-0.05, 0) is 40.1 Å². The predicted molar refractivity (Wildman–Crippen MR) is 79.8 cm³/mol. The van der Waals surface area contributed by atoms with Gasteiger partial charge in [0.1, 0.15) is 12.4 Å². The molecule has 0 fully saturated rings. The van der Waals surface area contributed by atoms with E-state index in [1.54, 1.807) is 16.8 Å². The second kappa shape index (κ2) is 6.98. The van der Waals surface area contributed by atoms with Crippen LogP contribution < -0.4 is 0 Å². The molecule has 0 bridgehead atoms. The molecule has 0 N–H and O–H groups in total. The molecule has 0 unspecified atom stereocenters. The normalized spacial score (nSPS) is 12.7. The van der Waals surface area contributed by atoms with Crippen LogP contribution in [0.1, 0.15) is 11.1 Å². The molecule has 2 rings (SSSR count). The molecule has 0 spiro atoms. The van der Waals surface area contributed by atoms with Crippen molar-refractivity contribution in [3.8, 4) is 0 Å². The van der Waals surface area contributed by atoms with Gasteiger partial charge in [-0.3, -0.25) is 0 Å². The number of thiophene rings is 1. The molecule has 0 aliphatic heterocycles. The molecular formula is C14H13F4NO2S2. The Bertz CT molecular complexity index is 725. The minimum Gasteiger partial charge on any atom is -0.212 e. The molecule has 0 atom stereocenters. The summed E-state index contributed by atoms with van der Waals surface area (Å²) in [5.74, 6) is -1.16. The summed E-state index contributed by atoms with van der Waals surface area (Å²) in [4.78, 5) is 0. The second-order valence-electron chi connectivity index (χ2n) is 4.90. The Balaban J connectivity index is 2.22. The Kier molecular flexibility index (Phi) is 5.43. The molecule has 3 nitrogen and oxygen atoms in total. The number of sulfonamides is 1. The summed E-state index contributed by atoms with van der Waals surface area (Å²) in [6.07, 6.45) is -4.65. The Labute approximate surface area is 135 Å². The van der Waals surface area contributed by atoms with Crippen LogP contribution in [0.5, 0.6) is 0 Å². The van der Waals surface area contributed by atoms with Crippen LogP contribution in [0.15, 0.2) is 41.1 Å². The van der Waals surface area contributed by atoms with Gasteiger partial charge in [-0.2, -0.15) is 28.8 Å². The van der Waals surface area contributed by atoms with Gasteiger partial charge < -0.3 is 0 Å². The van der Waals surface area contributed by atoms with Crippen LogP contribution in [0.3, 0.4) is 0 Å². The lowest BCUT2D eigenvalue weighted by Crippen LogP contribution is -2.39. The number of alkyl halides is 3. The first-order chi connectivity index (χ1) is 10.7. The van der Waals surface area contributed by atoms with Crippen LogP contribution in [-0.2, 0) is 22.3 Å². The minimum atomic E-state index is -4.65. The maximum atomic E-state index is 12.8. The quantitative estimate of drug-likeness (QED) is 0.729. The highest BCUT2D eigenvalue weighted by atomic mass is 32.2. The molecule has 1 aromatic carbocycles. The van der Waals surface area contributed by atoms with Crippen LogP contribution in [0.4, 0.5) is 17.6 Å². The van der Waals surface area contributed by atoms with E-state index >= 15 is 0 Å². The van der Waals surface area contributed by atoms with Crippen molar-refractivity contribution >= 4 is 21.4 Å². The number of rotatable bonds is 6. The van der Waals surface area contributed by atoms with Crippen LogP contribution in [-0.4, -0.2) is 25.4 Å². The van der Waals surface area contributed by atoms with Gasteiger partial charge in [0.05, 0.1) is 5.75 Å². The fraction of sp³-hybridized carbons (Fsp3) is 0.286. The average Bonchev–Trinajstić information content (AvgIpc) is 2.92. The van der Waals surface area contributed by atoms with Crippen LogP contribution >= 0.6 is 11.3 Å². The SMILES string of the molecule is O=S(=O)(Cc1ccc(F)cc1)N(Cc1ccsc1)CC(F)(F)F. The first kappa shape index (κ1) is 17.9. The Morgan fingerprint density at radius 2 is 1.70 bits per heavy atom. The van der Waals surface area contributed by atoms with Crippen molar-refractivity contribution in [1.82, 2.24) is 4.31 Å². The molecule has 0 amide bonds. The van der Waals surface area contributed by atoms with Crippen LogP contribution in [0, 0.1) is 5.82 Å². The molecule has 2 aromatic rings. The van der Waals surface area contributed by atoms with Gasteiger partial charge in [0.25, 0.3) is 0 Å². The molecule has 9 heteroatoms. The van der Waals surface area contributed by atoms with E-state index in [9.17, 15) is 26.0 Å². The van der Waals surface area contributed by atoms with E-state index in [-0.39, 0.29) is 12.1 Å².